The summed E-state index contributed by atoms with van der Waals surface area (Å²) in [4.78, 5) is 42.6. The Morgan fingerprint density at radius 2 is 1.26 bits per heavy atom. The number of aliphatic hydroxyl groups excluding tert-OH is 2. The summed E-state index contributed by atoms with van der Waals surface area (Å²) in [5.74, 6) is -0.651. The molecule has 0 bridgehead atoms. The Balaban J connectivity index is 0.000000220. The van der Waals surface area contributed by atoms with Crippen LogP contribution in [0.4, 0.5) is 37.7 Å². The molecule has 298 valence electrons. The number of carbonyl (C=O) groups excluding carboxylic acids is 1. The number of hydrogen-bond donors (Lipinski definition) is 4. The van der Waals surface area contributed by atoms with E-state index in [0.29, 0.717) is 10.8 Å². The molecule has 0 saturated heterocycles. The third-order valence-corrected chi connectivity index (χ3v) is 8.34. The Labute approximate surface area is 322 Å². The molecule has 1 unspecified atom stereocenters. The summed E-state index contributed by atoms with van der Waals surface area (Å²) in [7, 11) is 0. The summed E-state index contributed by atoms with van der Waals surface area (Å²) in [5.41, 5.74) is 2.95. The molecule has 13 nitrogen and oxygen atoms in total. The van der Waals surface area contributed by atoms with Crippen molar-refractivity contribution in [3.63, 3.8) is 0 Å². The molecule has 0 radical (unpaired) electrons. The molecule has 0 aliphatic rings. The molecule has 7 aromatic rings. The largest absolute Gasteiger partial charge is 0.475 e. The first-order valence-corrected chi connectivity index (χ1v) is 16.9. The van der Waals surface area contributed by atoms with E-state index in [2.05, 4.69) is 20.5 Å². The van der Waals surface area contributed by atoms with Crippen LogP contribution in [0, 0.1) is 0 Å². The second kappa shape index (κ2) is 16.5. The molecule has 0 fully saturated rings. The predicted molar refractivity (Wildman–Crippen MR) is 200 cm³/mol. The molecule has 1 atom stereocenters. The number of benzene rings is 4. The monoisotopic (exact) mass is 805 g/mol. The van der Waals surface area contributed by atoms with E-state index < -0.39 is 53.2 Å². The molecular formula is C39H29F6N7O6. The maximum absolute atomic E-state index is 13.2. The lowest BCUT2D eigenvalue weighted by atomic mass is 10.1. The van der Waals surface area contributed by atoms with E-state index in [4.69, 9.17) is 15.6 Å². The number of anilines is 2. The minimum atomic E-state index is -4.60. The maximum atomic E-state index is 13.2. The molecule has 0 aliphatic carbocycles. The summed E-state index contributed by atoms with van der Waals surface area (Å²) in [6, 6.07) is 22.5. The van der Waals surface area contributed by atoms with Crippen molar-refractivity contribution in [1.82, 2.24) is 24.5 Å². The van der Waals surface area contributed by atoms with Crippen LogP contribution in [0.1, 0.15) is 21.6 Å². The van der Waals surface area contributed by atoms with Crippen molar-refractivity contribution in [2.75, 3.05) is 24.3 Å². The van der Waals surface area contributed by atoms with E-state index in [1.165, 1.54) is 60.9 Å². The van der Waals surface area contributed by atoms with Gasteiger partial charge < -0.3 is 26.0 Å². The quantitative estimate of drug-likeness (QED) is 0.109. The first kappa shape index (κ1) is 40.5. The van der Waals surface area contributed by atoms with Crippen molar-refractivity contribution in [3.8, 4) is 17.3 Å². The van der Waals surface area contributed by atoms with Crippen molar-refractivity contribution in [1.29, 1.82) is 0 Å². The number of nitrogens with two attached hydrogens (primary N) is 1. The van der Waals surface area contributed by atoms with Crippen molar-refractivity contribution in [2.24, 2.45) is 0 Å². The van der Waals surface area contributed by atoms with Crippen LogP contribution in [0.25, 0.3) is 32.9 Å². The van der Waals surface area contributed by atoms with E-state index in [-0.39, 0.29) is 51.7 Å². The van der Waals surface area contributed by atoms with Gasteiger partial charge in [0.15, 0.2) is 0 Å². The highest BCUT2D eigenvalue weighted by molar-refractivity contribution is 6.08. The summed E-state index contributed by atoms with van der Waals surface area (Å²) < 4.78 is 84.7. The fourth-order valence-corrected chi connectivity index (χ4v) is 5.56. The number of aliphatic hydroxyl groups is 2. The fraction of sp³-hybridized carbons (Fsp3) is 0.128. The summed E-state index contributed by atoms with van der Waals surface area (Å²) in [6.07, 6.45) is -7.50. The van der Waals surface area contributed by atoms with Crippen LogP contribution in [-0.4, -0.2) is 60.0 Å². The smallest absolute Gasteiger partial charge is 0.416 e. The van der Waals surface area contributed by atoms with Gasteiger partial charge >= 0.3 is 12.4 Å². The zero-order valence-electron chi connectivity index (χ0n) is 29.6. The maximum Gasteiger partial charge on any atom is 0.416 e. The number of nitrogens with zero attached hydrogens (tertiary/aromatic N) is 5. The first-order chi connectivity index (χ1) is 27.5. The van der Waals surface area contributed by atoms with Crippen LogP contribution in [-0.2, 0) is 12.4 Å². The molecule has 0 saturated carbocycles. The van der Waals surface area contributed by atoms with Gasteiger partial charge in [0.25, 0.3) is 17.0 Å². The van der Waals surface area contributed by atoms with Crippen LogP contribution < -0.4 is 26.9 Å². The zero-order chi connectivity index (χ0) is 41.8. The van der Waals surface area contributed by atoms with Gasteiger partial charge in [-0.1, -0.05) is 42.5 Å². The molecular weight excluding hydrogens is 776 g/mol. The van der Waals surface area contributed by atoms with Crippen LogP contribution in [0.15, 0.2) is 125 Å². The Kier molecular flexibility index (Phi) is 11.6. The van der Waals surface area contributed by atoms with Gasteiger partial charge in [-0.05, 0) is 54.6 Å². The number of aromatic nitrogens is 5. The van der Waals surface area contributed by atoms with Crippen molar-refractivity contribution < 1.29 is 46.1 Å². The number of hydrogen-bond acceptors (Lipinski definition) is 10. The van der Waals surface area contributed by atoms with Gasteiger partial charge in [-0.15, -0.1) is 0 Å². The van der Waals surface area contributed by atoms with E-state index in [0.717, 1.165) is 33.6 Å². The number of halogens is 6. The number of amides is 1. The minimum Gasteiger partial charge on any atom is -0.475 e. The van der Waals surface area contributed by atoms with Crippen LogP contribution >= 0.6 is 0 Å². The fourth-order valence-electron chi connectivity index (χ4n) is 5.56. The summed E-state index contributed by atoms with van der Waals surface area (Å²) in [6.45, 7) is -0.742. The molecule has 5 N–H and O–H groups in total. The van der Waals surface area contributed by atoms with Gasteiger partial charge in [0, 0.05) is 22.5 Å². The number of pyridine rings is 1. The first-order valence-electron chi connectivity index (χ1n) is 16.9. The van der Waals surface area contributed by atoms with Crippen molar-refractivity contribution in [3.05, 3.63) is 153 Å². The molecule has 0 aliphatic heterocycles. The molecule has 4 aromatic carbocycles. The van der Waals surface area contributed by atoms with E-state index in [1.54, 1.807) is 30.3 Å². The number of nitrogen functional groups attached to an aromatic ring is 1. The number of nitrogens with one attached hydrogen (secondary N) is 1. The number of rotatable bonds is 8. The second-order valence-corrected chi connectivity index (χ2v) is 12.4. The molecule has 58 heavy (non-hydrogen) atoms. The molecule has 0 spiro atoms. The summed E-state index contributed by atoms with van der Waals surface area (Å²) >= 11 is 0. The lowest BCUT2D eigenvalue weighted by molar-refractivity contribution is -0.138. The van der Waals surface area contributed by atoms with E-state index in [1.807, 2.05) is 0 Å². The highest BCUT2D eigenvalue weighted by Gasteiger charge is 2.31. The minimum absolute atomic E-state index is 0.0316. The third-order valence-electron chi connectivity index (χ3n) is 8.34. The van der Waals surface area contributed by atoms with Crippen molar-refractivity contribution in [2.45, 2.75) is 18.5 Å². The van der Waals surface area contributed by atoms with Gasteiger partial charge in [-0.2, -0.15) is 45.9 Å². The normalized spacial score (nSPS) is 12.1. The Bertz CT molecular complexity index is 2760. The van der Waals surface area contributed by atoms with Crippen molar-refractivity contribution >= 4 is 38.8 Å². The molecule has 1 amide bonds. The topological polar surface area (TPSA) is 187 Å². The van der Waals surface area contributed by atoms with Gasteiger partial charge in [-0.3, -0.25) is 14.4 Å². The highest BCUT2D eigenvalue weighted by Crippen LogP contribution is 2.31. The van der Waals surface area contributed by atoms with E-state index >= 15 is 0 Å². The Morgan fingerprint density at radius 1 is 0.741 bits per heavy atom. The number of alkyl halides is 6. The van der Waals surface area contributed by atoms with Gasteiger partial charge in [0.2, 0.25) is 5.88 Å². The summed E-state index contributed by atoms with van der Waals surface area (Å²) in [5, 5.41) is 30.0. The van der Waals surface area contributed by atoms with Crippen LogP contribution in [0.2, 0.25) is 0 Å². The van der Waals surface area contributed by atoms with Crippen LogP contribution in [0.3, 0.4) is 0 Å². The second-order valence-electron chi connectivity index (χ2n) is 12.4. The average molecular weight is 806 g/mol. The van der Waals surface area contributed by atoms with Gasteiger partial charge in [0.1, 0.15) is 18.4 Å². The standard InChI is InChI=1S/C24H19F3N4O5.C15H10F3N3O/c25-24(26,27)15-5-2-6-16(10-15)31-23(35)21-14(11-28-31)4-1-7-18(21)30-22(34)19-8-3-9-20(29-19)36-13-17(33)12-32;16-15(17,18)10-4-2-5-11(7-10)21-14(22)13-9(8-20-21)3-1-6-12(13)19/h1-11,17,32-33H,12-13H2,(H,30,34);1-8H,19H2. The highest BCUT2D eigenvalue weighted by atomic mass is 19.4. The lowest BCUT2D eigenvalue weighted by Crippen LogP contribution is -2.24. The van der Waals surface area contributed by atoms with Crippen LogP contribution in [0.5, 0.6) is 5.88 Å². The Hall–Kier alpha value is -7.12. The van der Waals surface area contributed by atoms with Gasteiger partial charge in [-0.25, -0.2) is 4.98 Å². The predicted octanol–water partition coefficient (Wildman–Crippen LogP) is 5.77. The lowest BCUT2D eigenvalue weighted by Gasteiger charge is -2.12. The molecule has 7 rings (SSSR count). The molecule has 3 heterocycles. The number of carbonyl (C=O) groups is 1. The Morgan fingerprint density at radius 3 is 1.83 bits per heavy atom. The third kappa shape index (κ3) is 8.95. The zero-order valence-corrected chi connectivity index (χ0v) is 29.6. The molecule has 3 aromatic heterocycles. The number of ether oxygens (including phenoxy) is 1. The molecule has 19 heteroatoms. The van der Waals surface area contributed by atoms with E-state index in [9.17, 15) is 45.8 Å². The van der Waals surface area contributed by atoms with Gasteiger partial charge in [0.05, 0.1) is 58.0 Å². The number of fused-ring (bicyclic) bond motifs is 2. The average Bonchev–Trinajstić information content (AvgIpc) is 3.20. The SMILES string of the molecule is Nc1cccc2cnn(-c3cccc(C(F)(F)F)c3)c(=O)c12.O=C(Nc1cccc2cnn(-c3cccc(C(F)(F)F)c3)c(=O)c12)c1cccc(OCC(O)CO)n1.